The van der Waals surface area contributed by atoms with Gasteiger partial charge in [0.2, 0.25) is 0 Å². The third kappa shape index (κ3) is 1.91. The standard InChI is InChI=1S/C16H18FN3O/c17-14-10-4-1-6-12(10)15(13-7-2-5-11(13)14)19-16(21)20-9-3-8-18-20/h3,8,18H,1-2,4-7,9H2,(H,19,21). The summed E-state index contributed by atoms with van der Waals surface area (Å²) in [5.41, 5.74) is 7.48. The zero-order valence-electron chi connectivity index (χ0n) is 11.8. The predicted octanol–water partition coefficient (Wildman–Crippen LogP) is 2.67. The molecule has 0 saturated heterocycles. The van der Waals surface area contributed by atoms with Gasteiger partial charge in [0.25, 0.3) is 0 Å². The van der Waals surface area contributed by atoms with Crippen molar-refractivity contribution in [1.82, 2.24) is 10.4 Å². The van der Waals surface area contributed by atoms with Crippen LogP contribution in [0.3, 0.4) is 0 Å². The molecule has 0 unspecified atom stereocenters. The van der Waals surface area contributed by atoms with E-state index >= 15 is 0 Å². The molecule has 4 nitrogen and oxygen atoms in total. The molecule has 0 atom stereocenters. The van der Waals surface area contributed by atoms with Crippen molar-refractivity contribution in [3.05, 3.63) is 40.3 Å². The van der Waals surface area contributed by atoms with Crippen LogP contribution >= 0.6 is 0 Å². The van der Waals surface area contributed by atoms with Crippen molar-refractivity contribution >= 4 is 11.7 Å². The van der Waals surface area contributed by atoms with Gasteiger partial charge in [-0.1, -0.05) is 0 Å². The molecule has 2 aliphatic carbocycles. The largest absolute Gasteiger partial charge is 0.340 e. The maximum absolute atomic E-state index is 14.5. The molecule has 0 fully saturated rings. The number of carbonyl (C=O) groups excluding carboxylic acids is 1. The second-order valence-corrected chi connectivity index (χ2v) is 5.88. The van der Waals surface area contributed by atoms with Gasteiger partial charge in [-0.2, -0.15) is 0 Å². The lowest BCUT2D eigenvalue weighted by molar-refractivity contribution is 0.208. The molecule has 1 aromatic rings. The minimum atomic E-state index is -0.171. The molecular formula is C16H18FN3O. The minimum absolute atomic E-state index is 0.00559. The normalized spacial score (nSPS) is 18.6. The average molecular weight is 287 g/mol. The van der Waals surface area contributed by atoms with E-state index in [9.17, 15) is 9.18 Å². The highest BCUT2D eigenvalue weighted by Gasteiger charge is 2.30. The Kier molecular flexibility index (Phi) is 2.87. The maximum atomic E-state index is 14.5. The summed E-state index contributed by atoms with van der Waals surface area (Å²) in [5, 5.41) is 4.55. The molecule has 5 heteroatoms. The number of fused-ring (bicyclic) bond motifs is 2. The van der Waals surface area contributed by atoms with E-state index in [1.807, 2.05) is 6.08 Å². The molecular weight excluding hydrogens is 269 g/mol. The van der Waals surface area contributed by atoms with E-state index in [1.165, 1.54) is 5.01 Å². The molecule has 1 aromatic carbocycles. The molecule has 0 bridgehead atoms. The number of hydrazine groups is 1. The Balaban J connectivity index is 1.73. The van der Waals surface area contributed by atoms with Gasteiger partial charge in [-0.25, -0.2) is 14.2 Å². The Morgan fingerprint density at radius 2 is 1.71 bits per heavy atom. The Hall–Kier alpha value is -2.04. The summed E-state index contributed by atoms with van der Waals surface area (Å²) in [4.78, 5) is 12.3. The Morgan fingerprint density at radius 3 is 2.29 bits per heavy atom. The molecule has 110 valence electrons. The van der Waals surface area contributed by atoms with Gasteiger partial charge >= 0.3 is 6.03 Å². The predicted molar refractivity (Wildman–Crippen MR) is 78.5 cm³/mol. The Labute approximate surface area is 123 Å². The number of hydrogen-bond donors (Lipinski definition) is 2. The average Bonchev–Trinajstić information content (AvgIpc) is 3.24. The van der Waals surface area contributed by atoms with Crippen molar-refractivity contribution in [1.29, 1.82) is 0 Å². The second kappa shape index (κ2) is 4.76. The summed E-state index contributed by atoms with van der Waals surface area (Å²) in [6, 6.07) is -0.171. The monoisotopic (exact) mass is 287 g/mol. The summed E-state index contributed by atoms with van der Waals surface area (Å²) in [6.07, 6.45) is 8.89. The number of urea groups is 1. The first-order chi connectivity index (χ1) is 10.3. The molecule has 1 heterocycles. The van der Waals surface area contributed by atoms with Crippen LogP contribution in [0.5, 0.6) is 0 Å². The number of halogens is 1. The fourth-order valence-electron chi connectivity index (χ4n) is 3.71. The molecule has 0 spiro atoms. The van der Waals surface area contributed by atoms with Crippen molar-refractivity contribution < 1.29 is 9.18 Å². The van der Waals surface area contributed by atoms with Crippen LogP contribution in [0.15, 0.2) is 12.3 Å². The van der Waals surface area contributed by atoms with Crippen LogP contribution in [0.1, 0.15) is 35.1 Å². The third-order valence-electron chi connectivity index (χ3n) is 4.68. The van der Waals surface area contributed by atoms with E-state index in [-0.39, 0.29) is 11.8 Å². The number of anilines is 1. The maximum Gasteiger partial charge on any atom is 0.340 e. The van der Waals surface area contributed by atoms with Gasteiger partial charge in [0.1, 0.15) is 5.82 Å². The van der Waals surface area contributed by atoms with Crippen LogP contribution in [0.25, 0.3) is 0 Å². The number of hydrogen-bond acceptors (Lipinski definition) is 2. The zero-order chi connectivity index (χ0) is 14.4. The van der Waals surface area contributed by atoms with Crippen molar-refractivity contribution in [2.45, 2.75) is 38.5 Å². The summed E-state index contributed by atoms with van der Waals surface area (Å²) in [5.74, 6) is -0.00559. The number of nitrogens with zero attached hydrogens (tertiary/aromatic N) is 1. The van der Waals surface area contributed by atoms with Gasteiger partial charge in [-0.3, -0.25) is 0 Å². The van der Waals surface area contributed by atoms with E-state index in [0.29, 0.717) is 6.54 Å². The van der Waals surface area contributed by atoms with Gasteiger partial charge in [-0.05, 0) is 66.9 Å². The lowest BCUT2D eigenvalue weighted by Gasteiger charge is -2.21. The van der Waals surface area contributed by atoms with E-state index in [2.05, 4.69) is 10.7 Å². The Bertz CT molecular complexity index is 610. The summed E-state index contributed by atoms with van der Waals surface area (Å²) in [7, 11) is 0. The highest BCUT2D eigenvalue weighted by molar-refractivity contribution is 5.92. The second-order valence-electron chi connectivity index (χ2n) is 5.88. The summed E-state index contributed by atoms with van der Waals surface area (Å²) >= 11 is 0. The SMILES string of the molecule is O=C(Nc1c2c(c(F)c3c1CCC3)CCC2)N1CC=CN1. The van der Waals surface area contributed by atoms with Crippen LogP contribution < -0.4 is 10.7 Å². The minimum Gasteiger partial charge on any atom is -0.306 e. The van der Waals surface area contributed by atoms with E-state index in [0.717, 1.165) is 66.5 Å². The molecule has 1 aliphatic heterocycles. The Morgan fingerprint density at radius 1 is 1.10 bits per heavy atom. The summed E-state index contributed by atoms with van der Waals surface area (Å²) < 4.78 is 14.5. The molecule has 3 aliphatic rings. The fourth-order valence-corrected chi connectivity index (χ4v) is 3.71. The molecule has 4 rings (SSSR count). The first-order valence-electron chi connectivity index (χ1n) is 7.60. The van der Waals surface area contributed by atoms with Crippen molar-refractivity contribution in [3.8, 4) is 0 Å². The quantitative estimate of drug-likeness (QED) is 0.834. The smallest absolute Gasteiger partial charge is 0.306 e. The number of nitrogens with one attached hydrogen (secondary N) is 2. The van der Waals surface area contributed by atoms with Crippen molar-refractivity contribution in [3.63, 3.8) is 0 Å². The van der Waals surface area contributed by atoms with E-state index in [4.69, 9.17) is 0 Å². The van der Waals surface area contributed by atoms with Gasteiger partial charge in [0, 0.05) is 11.9 Å². The number of carbonyl (C=O) groups is 1. The van der Waals surface area contributed by atoms with Crippen LogP contribution in [-0.4, -0.2) is 17.6 Å². The van der Waals surface area contributed by atoms with Crippen molar-refractivity contribution in [2.24, 2.45) is 0 Å². The zero-order valence-corrected chi connectivity index (χ0v) is 11.8. The van der Waals surface area contributed by atoms with Crippen molar-refractivity contribution in [2.75, 3.05) is 11.9 Å². The van der Waals surface area contributed by atoms with Crippen LogP contribution in [0, 0.1) is 5.82 Å². The lowest BCUT2D eigenvalue weighted by Crippen LogP contribution is -2.40. The number of rotatable bonds is 1. The molecule has 2 N–H and O–H groups in total. The first kappa shape index (κ1) is 12.7. The first-order valence-corrected chi connectivity index (χ1v) is 7.60. The third-order valence-corrected chi connectivity index (χ3v) is 4.68. The van der Waals surface area contributed by atoms with Crippen LogP contribution in [-0.2, 0) is 25.7 Å². The van der Waals surface area contributed by atoms with E-state index in [1.54, 1.807) is 6.20 Å². The van der Waals surface area contributed by atoms with Crippen LogP contribution in [0.4, 0.5) is 14.9 Å². The molecule has 21 heavy (non-hydrogen) atoms. The summed E-state index contributed by atoms with van der Waals surface area (Å²) in [6.45, 7) is 0.553. The highest BCUT2D eigenvalue weighted by atomic mass is 19.1. The van der Waals surface area contributed by atoms with E-state index < -0.39 is 0 Å². The molecule has 0 radical (unpaired) electrons. The van der Waals surface area contributed by atoms with Gasteiger partial charge in [-0.15, -0.1) is 0 Å². The van der Waals surface area contributed by atoms with Gasteiger partial charge in [0.15, 0.2) is 0 Å². The van der Waals surface area contributed by atoms with Gasteiger partial charge in [0.05, 0.1) is 6.54 Å². The highest BCUT2D eigenvalue weighted by Crippen LogP contribution is 2.40. The van der Waals surface area contributed by atoms with Crippen LogP contribution in [0.2, 0.25) is 0 Å². The topological polar surface area (TPSA) is 44.4 Å². The number of benzene rings is 1. The number of amides is 2. The molecule has 2 amide bonds. The van der Waals surface area contributed by atoms with Gasteiger partial charge < -0.3 is 10.7 Å². The lowest BCUT2D eigenvalue weighted by atomic mass is 9.98. The molecule has 0 saturated carbocycles. The fraction of sp³-hybridized carbons (Fsp3) is 0.438. The molecule has 0 aromatic heterocycles.